The van der Waals surface area contributed by atoms with Crippen molar-refractivity contribution in [2.75, 3.05) is 13.1 Å². The lowest BCUT2D eigenvalue weighted by Crippen LogP contribution is -2.45. The lowest BCUT2D eigenvalue weighted by atomic mass is 9.92. The first-order valence-electron chi connectivity index (χ1n) is 7.85. The van der Waals surface area contributed by atoms with Crippen molar-refractivity contribution in [3.63, 3.8) is 0 Å². The predicted molar refractivity (Wildman–Crippen MR) is 87.9 cm³/mol. The second-order valence-electron chi connectivity index (χ2n) is 6.35. The SMILES string of the molecule is CC1CC(C(=O)O)CN(S(=O)(=O)c2cccc(-c3nnnn3C)c2)C1. The van der Waals surface area contributed by atoms with Gasteiger partial charge in [-0.2, -0.15) is 4.31 Å². The molecule has 10 heteroatoms. The van der Waals surface area contributed by atoms with Crippen molar-refractivity contribution in [1.82, 2.24) is 24.5 Å². The van der Waals surface area contributed by atoms with Crippen LogP contribution >= 0.6 is 0 Å². The van der Waals surface area contributed by atoms with Crippen LogP contribution in [-0.2, 0) is 21.9 Å². The Hall–Kier alpha value is -2.33. The molecule has 1 saturated heterocycles. The van der Waals surface area contributed by atoms with Gasteiger partial charge in [-0.05, 0) is 34.9 Å². The van der Waals surface area contributed by atoms with Crippen LogP contribution in [0.15, 0.2) is 29.2 Å². The summed E-state index contributed by atoms with van der Waals surface area (Å²) in [6, 6.07) is 6.36. The summed E-state index contributed by atoms with van der Waals surface area (Å²) in [6.07, 6.45) is 0.478. The van der Waals surface area contributed by atoms with Gasteiger partial charge in [0.2, 0.25) is 10.0 Å². The summed E-state index contributed by atoms with van der Waals surface area (Å²) in [5.41, 5.74) is 0.577. The minimum Gasteiger partial charge on any atom is -0.481 e. The van der Waals surface area contributed by atoms with Gasteiger partial charge in [0.1, 0.15) is 0 Å². The maximum absolute atomic E-state index is 13.0. The zero-order chi connectivity index (χ0) is 18.2. The van der Waals surface area contributed by atoms with Crippen LogP contribution in [0.2, 0.25) is 0 Å². The van der Waals surface area contributed by atoms with E-state index in [4.69, 9.17) is 0 Å². The zero-order valence-corrected chi connectivity index (χ0v) is 14.7. The first kappa shape index (κ1) is 17.5. The minimum absolute atomic E-state index is 0.0161. The fraction of sp³-hybridized carbons (Fsp3) is 0.467. The van der Waals surface area contributed by atoms with Gasteiger partial charge < -0.3 is 5.11 Å². The van der Waals surface area contributed by atoms with Gasteiger partial charge in [0, 0.05) is 25.7 Å². The van der Waals surface area contributed by atoms with Gasteiger partial charge in [-0.1, -0.05) is 19.1 Å². The van der Waals surface area contributed by atoms with E-state index >= 15 is 0 Å². The quantitative estimate of drug-likeness (QED) is 0.843. The Labute approximate surface area is 145 Å². The van der Waals surface area contributed by atoms with Crippen molar-refractivity contribution in [2.45, 2.75) is 18.2 Å². The van der Waals surface area contributed by atoms with Crippen molar-refractivity contribution in [3.05, 3.63) is 24.3 Å². The Bertz CT molecular complexity index is 895. The van der Waals surface area contributed by atoms with Crippen molar-refractivity contribution in [3.8, 4) is 11.4 Å². The monoisotopic (exact) mass is 365 g/mol. The Kier molecular flexibility index (Phi) is 4.56. The number of carbonyl (C=O) groups is 1. The number of rotatable bonds is 4. The van der Waals surface area contributed by atoms with Gasteiger partial charge in [-0.15, -0.1) is 5.10 Å². The summed E-state index contributed by atoms with van der Waals surface area (Å²) in [5.74, 6) is -1.22. The number of sulfonamides is 1. The molecule has 1 N–H and O–H groups in total. The normalized spacial score (nSPS) is 22.0. The lowest BCUT2D eigenvalue weighted by molar-refractivity contribution is -0.143. The van der Waals surface area contributed by atoms with Crippen molar-refractivity contribution >= 4 is 16.0 Å². The summed E-state index contributed by atoms with van der Waals surface area (Å²) in [7, 11) is -2.13. The number of benzene rings is 1. The highest BCUT2D eigenvalue weighted by Crippen LogP contribution is 2.28. The third-order valence-electron chi connectivity index (χ3n) is 4.33. The number of nitrogens with zero attached hydrogens (tertiary/aromatic N) is 5. The molecule has 9 nitrogen and oxygen atoms in total. The van der Waals surface area contributed by atoms with E-state index in [-0.39, 0.29) is 17.4 Å². The standard InChI is InChI=1S/C15H19N5O4S/c1-10-6-12(15(21)22)9-20(8-10)25(23,24)13-5-3-4-11(7-13)14-16-17-18-19(14)2/h3-5,7,10,12H,6,8-9H2,1-2H3,(H,21,22). The van der Waals surface area contributed by atoms with Crippen LogP contribution in [-0.4, -0.2) is 57.1 Å². The molecule has 1 aromatic carbocycles. The fourth-order valence-electron chi connectivity index (χ4n) is 3.10. The molecule has 0 aliphatic carbocycles. The van der Waals surface area contributed by atoms with Crippen molar-refractivity contribution in [2.24, 2.45) is 18.9 Å². The molecule has 0 amide bonds. The number of carboxylic acids is 1. The van der Waals surface area contributed by atoms with E-state index in [0.717, 1.165) is 0 Å². The van der Waals surface area contributed by atoms with Crippen molar-refractivity contribution < 1.29 is 18.3 Å². The maximum Gasteiger partial charge on any atom is 0.307 e. The smallest absolute Gasteiger partial charge is 0.307 e. The number of hydrogen-bond acceptors (Lipinski definition) is 6. The van der Waals surface area contributed by atoms with Crippen LogP contribution in [0.25, 0.3) is 11.4 Å². The molecule has 2 heterocycles. The molecule has 2 aromatic rings. The molecule has 134 valence electrons. The zero-order valence-electron chi connectivity index (χ0n) is 13.9. The molecule has 0 saturated carbocycles. The van der Waals surface area contributed by atoms with E-state index < -0.39 is 21.9 Å². The molecule has 1 aromatic heterocycles. The molecule has 2 unspecified atom stereocenters. The highest BCUT2D eigenvalue weighted by molar-refractivity contribution is 7.89. The molecule has 0 radical (unpaired) electrons. The summed E-state index contributed by atoms with van der Waals surface area (Å²) in [4.78, 5) is 11.4. The molecule has 1 fully saturated rings. The molecule has 2 atom stereocenters. The number of aryl methyl sites for hydroxylation is 1. The largest absolute Gasteiger partial charge is 0.481 e. The average molecular weight is 365 g/mol. The number of aromatic nitrogens is 4. The number of piperidine rings is 1. The van der Waals surface area contributed by atoms with Gasteiger partial charge in [-0.25, -0.2) is 13.1 Å². The van der Waals surface area contributed by atoms with E-state index in [1.54, 1.807) is 19.2 Å². The third kappa shape index (κ3) is 3.40. The Morgan fingerprint density at radius 2 is 2.08 bits per heavy atom. The van der Waals surface area contributed by atoms with Gasteiger partial charge >= 0.3 is 5.97 Å². The summed E-state index contributed by atoms with van der Waals surface area (Å²) < 4.78 is 28.7. The molecule has 3 rings (SSSR count). The van der Waals surface area contributed by atoms with Gasteiger partial charge in [0.05, 0.1) is 10.8 Å². The van der Waals surface area contributed by atoms with Crippen LogP contribution in [0, 0.1) is 11.8 Å². The summed E-state index contributed by atoms with van der Waals surface area (Å²) >= 11 is 0. The van der Waals surface area contributed by atoms with E-state index in [2.05, 4.69) is 15.5 Å². The molecule has 0 bridgehead atoms. The number of tetrazole rings is 1. The molecule has 0 spiro atoms. The number of aliphatic carboxylic acids is 1. The summed E-state index contributed by atoms with van der Waals surface area (Å²) in [5, 5.41) is 20.4. The third-order valence-corrected chi connectivity index (χ3v) is 6.15. The molecule has 1 aliphatic rings. The maximum atomic E-state index is 13.0. The Morgan fingerprint density at radius 1 is 1.32 bits per heavy atom. The van der Waals surface area contributed by atoms with Crippen LogP contribution in [0.4, 0.5) is 0 Å². The molecule has 1 aliphatic heterocycles. The Balaban J connectivity index is 1.95. The average Bonchev–Trinajstić information content (AvgIpc) is 3.00. The lowest BCUT2D eigenvalue weighted by Gasteiger charge is -2.33. The van der Waals surface area contributed by atoms with Crippen LogP contribution < -0.4 is 0 Å². The number of carboxylic acid groups (broad SMARTS) is 1. The second-order valence-corrected chi connectivity index (χ2v) is 8.29. The Morgan fingerprint density at radius 3 is 2.72 bits per heavy atom. The van der Waals surface area contributed by atoms with Crippen LogP contribution in [0.5, 0.6) is 0 Å². The topological polar surface area (TPSA) is 118 Å². The number of hydrogen-bond donors (Lipinski definition) is 1. The van der Waals surface area contributed by atoms with Gasteiger partial charge in [0.15, 0.2) is 5.82 Å². The van der Waals surface area contributed by atoms with Gasteiger partial charge in [-0.3, -0.25) is 4.79 Å². The highest BCUT2D eigenvalue weighted by atomic mass is 32.2. The van der Waals surface area contributed by atoms with Crippen LogP contribution in [0.1, 0.15) is 13.3 Å². The fourth-order valence-corrected chi connectivity index (χ4v) is 4.75. The van der Waals surface area contributed by atoms with Gasteiger partial charge in [0.25, 0.3) is 0 Å². The van der Waals surface area contributed by atoms with E-state index in [0.29, 0.717) is 24.4 Å². The van der Waals surface area contributed by atoms with Crippen molar-refractivity contribution in [1.29, 1.82) is 0 Å². The molecular weight excluding hydrogens is 346 g/mol. The van der Waals surface area contributed by atoms with E-state index in [9.17, 15) is 18.3 Å². The predicted octanol–water partition coefficient (Wildman–Crippen LogP) is 0.608. The van der Waals surface area contributed by atoms with E-state index in [1.807, 2.05) is 6.92 Å². The minimum atomic E-state index is -3.80. The van der Waals surface area contributed by atoms with Crippen LogP contribution in [0.3, 0.4) is 0 Å². The highest BCUT2D eigenvalue weighted by Gasteiger charge is 2.36. The summed E-state index contributed by atoms with van der Waals surface area (Å²) in [6.45, 7) is 2.15. The first-order chi connectivity index (χ1) is 11.8. The molecule has 25 heavy (non-hydrogen) atoms. The van der Waals surface area contributed by atoms with E-state index in [1.165, 1.54) is 21.1 Å². The second kappa shape index (κ2) is 6.52. The molecular formula is C15H19N5O4S. The first-order valence-corrected chi connectivity index (χ1v) is 9.29.